The lowest BCUT2D eigenvalue weighted by Gasteiger charge is -2.25. The third kappa shape index (κ3) is 1.76. The monoisotopic (exact) mass is 289 g/mol. The van der Waals surface area contributed by atoms with Crippen LogP contribution in [0, 0.1) is 0 Å². The molecule has 0 unspecified atom stereocenters. The van der Waals surface area contributed by atoms with Crippen molar-refractivity contribution in [3.05, 3.63) is 40.2 Å². The second-order valence-corrected chi connectivity index (χ2v) is 6.37. The van der Waals surface area contributed by atoms with Crippen LogP contribution in [-0.2, 0) is 13.0 Å². The Hall–Kier alpha value is -1.79. The van der Waals surface area contributed by atoms with E-state index in [0.717, 1.165) is 35.8 Å². The van der Waals surface area contributed by atoms with Gasteiger partial charge >= 0.3 is 0 Å². The van der Waals surface area contributed by atoms with Gasteiger partial charge in [-0.15, -0.1) is 11.3 Å². The van der Waals surface area contributed by atoms with Crippen molar-refractivity contribution in [3.8, 4) is 0 Å². The Bertz CT molecular complexity index is 662. The molecule has 0 radical (unpaired) electrons. The number of anilines is 1. The van der Waals surface area contributed by atoms with Crippen LogP contribution in [0.5, 0.6) is 0 Å². The lowest BCUT2D eigenvalue weighted by Crippen LogP contribution is -2.38. The second-order valence-electron chi connectivity index (χ2n) is 5.26. The molecule has 2 aromatic heterocycles. The minimum absolute atomic E-state index is 0.00204. The maximum absolute atomic E-state index is 12.4. The molecule has 0 saturated carbocycles. The number of thiophene rings is 1. The highest BCUT2D eigenvalue weighted by Crippen LogP contribution is 2.40. The van der Waals surface area contributed by atoms with Gasteiger partial charge in [0.25, 0.3) is 5.91 Å². The number of rotatable bonds is 1. The van der Waals surface area contributed by atoms with E-state index in [2.05, 4.69) is 22.6 Å². The van der Waals surface area contributed by atoms with Crippen LogP contribution in [-0.4, -0.2) is 24.4 Å². The van der Waals surface area contributed by atoms with E-state index in [1.54, 1.807) is 17.6 Å². The molecular formula is C14H15N3O2S. The van der Waals surface area contributed by atoms with Gasteiger partial charge in [0.1, 0.15) is 10.8 Å². The summed E-state index contributed by atoms with van der Waals surface area (Å²) in [6.45, 7) is 1.93. The van der Waals surface area contributed by atoms with Gasteiger partial charge in [-0.25, -0.2) is 0 Å². The molecule has 0 bridgehead atoms. The van der Waals surface area contributed by atoms with Gasteiger partial charge in [-0.05, 0) is 31.2 Å². The van der Waals surface area contributed by atoms with Crippen LogP contribution >= 0.6 is 11.3 Å². The lowest BCUT2D eigenvalue weighted by molar-refractivity contribution is 0.0930. The van der Waals surface area contributed by atoms with Gasteiger partial charge in [0.05, 0.1) is 11.8 Å². The molecule has 2 aliphatic rings. The number of nitrogens with one attached hydrogen (secondary N) is 2. The molecule has 0 saturated heterocycles. The number of furan rings is 1. The summed E-state index contributed by atoms with van der Waals surface area (Å²) in [6, 6.07) is 3.69. The molecule has 1 amide bonds. The molecule has 5 nitrogen and oxygen atoms in total. The van der Waals surface area contributed by atoms with Crippen molar-refractivity contribution < 1.29 is 9.21 Å². The Kier molecular flexibility index (Phi) is 2.61. The molecule has 2 aliphatic heterocycles. The van der Waals surface area contributed by atoms with Crippen molar-refractivity contribution in [1.82, 2.24) is 10.2 Å². The maximum Gasteiger partial charge on any atom is 0.256 e. The number of carbonyl (C=O) groups excluding carboxylic acids is 1. The van der Waals surface area contributed by atoms with Crippen LogP contribution in [0.25, 0.3) is 0 Å². The normalized spacial score (nSPS) is 21.9. The van der Waals surface area contributed by atoms with Crippen LogP contribution in [0.3, 0.4) is 0 Å². The Morgan fingerprint density at radius 1 is 1.45 bits per heavy atom. The van der Waals surface area contributed by atoms with Crippen LogP contribution in [0.2, 0.25) is 0 Å². The fraction of sp³-hybridized carbons (Fsp3) is 0.357. The first-order valence-electron chi connectivity index (χ1n) is 6.66. The van der Waals surface area contributed by atoms with Crippen LogP contribution in [0.15, 0.2) is 22.8 Å². The molecule has 6 heteroatoms. The zero-order chi connectivity index (χ0) is 13.7. The van der Waals surface area contributed by atoms with Crippen LogP contribution < -0.4 is 10.6 Å². The topological polar surface area (TPSA) is 57.5 Å². The van der Waals surface area contributed by atoms with E-state index in [0.29, 0.717) is 0 Å². The maximum atomic E-state index is 12.4. The molecule has 2 aromatic rings. The predicted molar refractivity (Wildman–Crippen MR) is 76.9 cm³/mol. The molecule has 4 rings (SSSR count). The first-order valence-corrected chi connectivity index (χ1v) is 7.48. The van der Waals surface area contributed by atoms with Gasteiger partial charge in [-0.3, -0.25) is 4.79 Å². The quantitative estimate of drug-likeness (QED) is 0.845. The molecule has 20 heavy (non-hydrogen) atoms. The largest absolute Gasteiger partial charge is 0.465 e. The zero-order valence-corrected chi connectivity index (χ0v) is 11.9. The van der Waals surface area contributed by atoms with Gasteiger partial charge in [-0.1, -0.05) is 0 Å². The van der Waals surface area contributed by atoms with Crippen molar-refractivity contribution in [2.75, 3.05) is 18.9 Å². The fourth-order valence-corrected chi connectivity index (χ4v) is 4.19. The number of fused-ring (bicyclic) bond motifs is 3. The van der Waals surface area contributed by atoms with Gasteiger partial charge in [0, 0.05) is 18.0 Å². The van der Waals surface area contributed by atoms with Gasteiger partial charge in [0.15, 0.2) is 6.17 Å². The number of hydrogen-bond acceptors (Lipinski definition) is 5. The third-order valence-electron chi connectivity index (χ3n) is 3.85. The summed E-state index contributed by atoms with van der Waals surface area (Å²) in [4.78, 5) is 16.0. The summed E-state index contributed by atoms with van der Waals surface area (Å²) in [7, 11) is 2.11. The van der Waals surface area contributed by atoms with Crippen molar-refractivity contribution >= 4 is 22.2 Å². The smallest absolute Gasteiger partial charge is 0.256 e. The third-order valence-corrected chi connectivity index (χ3v) is 5.00. The second kappa shape index (κ2) is 4.36. The van der Waals surface area contributed by atoms with Crippen LogP contribution in [0.4, 0.5) is 5.00 Å². The van der Waals surface area contributed by atoms with Gasteiger partial charge in [0.2, 0.25) is 0 Å². The summed E-state index contributed by atoms with van der Waals surface area (Å²) < 4.78 is 5.37. The van der Waals surface area contributed by atoms with Crippen LogP contribution in [0.1, 0.15) is 32.7 Å². The fourth-order valence-electron chi connectivity index (χ4n) is 2.84. The standard InChI is InChI=1S/C14H15N3O2S/c1-17-5-4-8-10(7-17)20-14-11(8)13(18)15-12(16-14)9-3-2-6-19-9/h2-3,6,12,16H,4-5,7H2,1H3,(H,15,18)/t12-/m0/s1. The Morgan fingerprint density at radius 2 is 2.35 bits per heavy atom. The Labute approximate surface area is 120 Å². The molecule has 104 valence electrons. The average Bonchev–Trinajstić information content (AvgIpc) is 3.04. The molecular weight excluding hydrogens is 274 g/mol. The Balaban J connectivity index is 1.73. The summed E-state index contributed by atoms with van der Waals surface area (Å²) in [5.74, 6) is 0.731. The molecule has 0 aliphatic carbocycles. The summed E-state index contributed by atoms with van der Waals surface area (Å²) >= 11 is 1.69. The summed E-state index contributed by atoms with van der Waals surface area (Å²) in [6.07, 6.45) is 2.29. The van der Waals surface area contributed by atoms with Gasteiger partial charge < -0.3 is 20.0 Å². The Morgan fingerprint density at radius 3 is 3.15 bits per heavy atom. The summed E-state index contributed by atoms with van der Waals surface area (Å²) in [5, 5.41) is 7.32. The average molecular weight is 289 g/mol. The highest BCUT2D eigenvalue weighted by molar-refractivity contribution is 7.16. The van der Waals surface area contributed by atoms with E-state index in [9.17, 15) is 4.79 Å². The molecule has 4 heterocycles. The number of likely N-dealkylation sites (N-methyl/N-ethyl adjacent to an activating group) is 1. The number of nitrogens with zero attached hydrogens (tertiary/aromatic N) is 1. The first-order chi connectivity index (χ1) is 9.72. The first kappa shape index (κ1) is 12.0. The molecule has 0 spiro atoms. The minimum atomic E-state index is -0.275. The van der Waals surface area contributed by atoms with E-state index in [4.69, 9.17) is 4.42 Å². The molecule has 0 aromatic carbocycles. The number of amides is 1. The van der Waals surface area contributed by atoms with E-state index in [-0.39, 0.29) is 12.1 Å². The van der Waals surface area contributed by atoms with E-state index >= 15 is 0 Å². The van der Waals surface area contributed by atoms with Crippen molar-refractivity contribution in [2.45, 2.75) is 19.1 Å². The van der Waals surface area contributed by atoms with Gasteiger partial charge in [-0.2, -0.15) is 0 Å². The summed E-state index contributed by atoms with van der Waals surface area (Å²) in [5.41, 5.74) is 2.05. The number of hydrogen-bond donors (Lipinski definition) is 2. The van der Waals surface area contributed by atoms with Crippen molar-refractivity contribution in [3.63, 3.8) is 0 Å². The molecule has 1 atom stereocenters. The minimum Gasteiger partial charge on any atom is -0.465 e. The lowest BCUT2D eigenvalue weighted by atomic mass is 10.0. The molecule has 2 N–H and O–H groups in total. The highest BCUT2D eigenvalue weighted by atomic mass is 32.1. The van der Waals surface area contributed by atoms with E-state index < -0.39 is 0 Å². The van der Waals surface area contributed by atoms with E-state index in [1.165, 1.54) is 10.4 Å². The zero-order valence-electron chi connectivity index (χ0n) is 11.1. The SMILES string of the molecule is CN1CCc2c(sc3c2C(=O)N[C@H](c2ccco2)N3)C1. The molecule has 0 fully saturated rings. The highest BCUT2D eigenvalue weighted by Gasteiger charge is 2.33. The number of carbonyl (C=O) groups is 1. The predicted octanol–water partition coefficient (Wildman–Crippen LogP) is 2.18. The van der Waals surface area contributed by atoms with Crippen molar-refractivity contribution in [1.29, 1.82) is 0 Å². The van der Waals surface area contributed by atoms with Crippen molar-refractivity contribution in [2.24, 2.45) is 0 Å². The van der Waals surface area contributed by atoms with E-state index in [1.807, 2.05) is 12.1 Å².